The van der Waals surface area contributed by atoms with Gasteiger partial charge in [-0.3, -0.25) is 0 Å². The van der Waals surface area contributed by atoms with Crippen LogP contribution in [-0.4, -0.2) is 0 Å². The van der Waals surface area contributed by atoms with Gasteiger partial charge in [0, 0.05) is 15.8 Å². The van der Waals surface area contributed by atoms with Crippen molar-refractivity contribution >= 4 is 28.3 Å². The highest BCUT2D eigenvalue weighted by molar-refractivity contribution is 14.1. The van der Waals surface area contributed by atoms with Gasteiger partial charge in [0.1, 0.15) is 0 Å². The van der Waals surface area contributed by atoms with Gasteiger partial charge in [-0.15, -0.1) is 0 Å². The maximum Gasteiger partial charge on any atom is 0.0400 e. The van der Waals surface area contributed by atoms with Gasteiger partial charge in [-0.25, -0.2) is 0 Å². The van der Waals surface area contributed by atoms with Crippen LogP contribution < -0.4 is 5.32 Å². The molecule has 0 heterocycles. The number of hydrogen-bond donors (Lipinski definition) is 1. The number of aryl methyl sites for hydroxylation is 1. The van der Waals surface area contributed by atoms with E-state index in [9.17, 15) is 0 Å². The van der Waals surface area contributed by atoms with Crippen LogP contribution in [-0.2, 0) is 6.54 Å². The highest BCUT2D eigenvalue weighted by Gasteiger charge is 1.94. The molecule has 0 spiro atoms. The Morgan fingerprint density at radius 1 is 1.06 bits per heavy atom. The molecule has 0 fully saturated rings. The van der Waals surface area contributed by atoms with Crippen LogP contribution in [0.15, 0.2) is 48.5 Å². The number of anilines is 1. The number of nitrogens with one attached hydrogen (secondary N) is 1. The Bertz CT molecular complexity index is 462. The average molecular weight is 323 g/mol. The first-order valence-electron chi connectivity index (χ1n) is 5.29. The van der Waals surface area contributed by atoms with Crippen LogP contribution in [0.3, 0.4) is 0 Å². The maximum atomic E-state index is 3.42. The van der Waals surface area contributed by atoms with Gasteiger partial charge in [-0.2, -0.15) is 0 Å². The molecule has 0 unspecified atom stereocenters. The lowest BCUT2D eigenvalue weighted by molar-refractivity contribution is 1.14. The third-order valence-corrected chi connectivity index (χ3v) is 3.11. The highest BCUT2D eigenvalue weighted by atomic mass is 127. The Hall–Kier alpha value is -1.03. The van der Waals surface area contributed by atoms with Gasteiger partial charge in [0.25, 0.3) is 0 Å². The second-order valence-corrected chi connectivity index (χ2v) is 5.10. The van der Waals surface area contributed by atoms with E-state index in [1.807, 2.05) is 0 Å². The summed E-state index contributed by atoms with van der Waals surface area (Å²) in [7, 11) is 0. The van der Waals surface area contributed by atoms with E-state index in [4.69, 9.17) is 0 Å². The Labute approximate surface area is 110 Å². The first kappa shape index (κ1) is 11.5. The molecule has 0 bridgehead atoms. The topological polar surface area (TPSA) is 12.0 Å². The van der Waals surface area contributed by atoms with Crippen LogP contribution in [0.25, 0.3) is 0 Å². The molecule has 2 aromatic rings. The van der Waals surface area contributed by atoms with Crippen molar-refractivity contribution in [1.82, 2.24) is 0 Å². The van der Waals surface area contributed by atoms with E-state index in [1.54, 1.807) is 0 Å². The third-order valence-electron chi connectivity index (χ3n) is 2.44. The Morgan fingerprint density at radius 3 is 2.50 bits per heavy atom. The van der Waals surface area contributed by atoms with Crippen LogP contribution in [0.4, 0.5) is 5.69 Å². The fourth-order valence-electron chi connectivity index (χ4n) is 1.51. The van der Waals surface area contributed by atoms with Gasteiger partial charge >= 0.3 is 0 Å². The molecule has 2 aromatic carbocycles. The summed E-state index contributed by atoms with van der Waals surface area (Å²) in [6, 6.07) is 17.0. The average Bonchev–Trinajstić information content (AvgIpc) is 2.28. The lowest BCUT2D eigenvalue weighted by atomic mass is 10.1. The van der Waals surface area contributed by atoms with Crippen LogP contribution in [0, 0.1) is 10.5 Å². The summed E-state index contributed by atoms with van der Waals surface area (Å²) in [5.74, 6) is 0. The van der Waals surface area contributed by atoms with Crippen molar-refractivity contribution in [2.24, 2.45) is 0 Å². The van der Waals surface area contributed by atoms with Crippen molar-refractivity contribution in [3.63, 3.8) is 0 Å². The number of benzene rings is 2. The van der Waals surface area contributed by atoms with E-state index in [0.717, 1.165) is 6.54 Å². The maximum absolute atomic E-state index is 3.42. The molecule has 2 heteroatoms. The van der Waals surface area contributed by atoms with Crippen LogP contribution in [0.2, 0.25) is 0 Å². The van der Waals surface area contributed by atoms with Crippen molar-refractivity contribution in [2.75, 3.05) is 5.32 Å². The molecular formula is C14H14IN. The molecule has 0 saturated heterocycles. The lowest BCUT2D eigenvalue weighted by Crippen LogP contribution is -1.99. The highest BCUT2D eigenvalue weighted by Crippen LogP contribution is 2.13. The number of hydrogen-bond acceptors (Lipinski definition) is 1. The molecule has 0 amide bonds. The molecule has 0 radical (unpaired) electrons. The predicted octanol–water partition coefficient (Wildman–Crippen LogP) is 4.21. The molecule has 2 rings (SSSR count). The SMILES string of the molecule is Cc1ccc(CNc2cccc(I)c2)cc1. The fourth-order valence-corrected chi connectivity index (χ4v) is 2.05. The zero-order valence-electron chi connectivity index (χ0n) is 9.20. The van der Waals surface area contributed by atoms with Crippen molar-refractivity contribution in [1.29, 1.82) is 0 Å². The van der Waals surface area contributed by atoms with Crippen molar-refractivity contribution in [3.05, 3.63) is 63.2 Å². The van der Waals surface area contributed by atoms with Gasteiger partial charge in [-0.05, 0) is 53.3 Å². The fraction of sp³-hybridized carbons (Fsp3) is 0.143. The first-order valence-corrected chi connectivity index (χ1v) is 6.37. The van der Waals surface area contributed by atoms with Crippen molar-refractivity contribution in [3.8, 4) is 0 Å². The summed E-state index contributed by atoms with van der Waals surface area (Å²) in [5.41, 5.74) is 3.79. The first-order chi connectivity index (χ1) is 7.74. The van der Waals surface area contributed by atoms with Gasteiger partial charge in [-0.1, -0.05) is 35.9 Å². The minimum atomic E-state index is 0.875. The molecule has 82 valence electrons. The molecule has 1 nitrogen and oxygen atoms in total. The monoisotopic (exact) mass is 323 g/mol. The minimum absolute atomic E-state index is 0.875. The van der Waals surface area contributed by atoms with Gasteiger partial charge in [0.2, 0.25) is 0 Å². The van der Waals surface area contributed by atoms with Gasteiger partial charge in [0.15, 0.2) is 0 Å². The summed E-state index contributed by atoms with van der Waals surface area (Å²) >= 11 is 2.32. The van der Waals surface area contributed by atoms with E-state index in [1.165, 1.54) is 20.4 Å². The Balaban J connectivity index is 1.99. The zero-order valence-corrected chi connectivity index (χ0v) is 11.4. The Kier molecular flexibility index (Phi) is 3.83. The van der Waals surface area contributed by atoms with Crippen LogP contribution in [0.5, 0.6) is 0 Å². The van der Waals surface area contributed by atoms with Crippen molar-refractivity contribution < 1.29 is 0 Å². The molecular weight excluding hydrogens is 309 g/mol. The summed E-state index contributed by atoms with van der Waals surface area (Å²) < 4.78 is 1.26. The normalized spacial score (nSPS) is 10.1. The second kappa shape index (κ2) is 5.34. The molecule has 0 saturated carbocycles. The summed E-state index contributed by atoms with van der Waals surface area (Å²) in [6.45, 7) is 2.98. The number of rotatable bonds is 3. The minimum Gasteiger partial charge on any atom is -0.381 e. The van der Waals surface area contributed by atoms with Gasteiger partial charge < -0.3 is 5.32 Å². The van der Waals surface area contributed by atoms with Gasteiger partial charge in [0.05, 0.1) is 0 Å². The summed E-state index contributed by atoms with van der Waals surface area (Å²) in [6.07, 6.45) is 0. The largest absolute Gasteiger partial charge is 0.381 e. The molecule has 0 atom stereocenters. The molecule has 1 N–H and O–H groups in total. The molecule has 0 aliphatic carbocycles. The standard InChI is InChI=1S/C14H14IN/c1-11-5-7-12(8-6-11)10-16-14-4-2-3-13(15)9-14/h2-9,16H,10H2,1H3. The van der Waals surface area contributed by atoms with E-state index in [2.05, 4.69) is 83.4 Å². The van der Waals surface area contributed by atoms with E-state index >= 15 is 0 Å². The smallest absolute Gasteiger partial charge is 0.0400 e. The predicted molar refractivity (Wildman–Crippen MR) is 77.7 cm³/mol. The molecule has 16 heavy (non-hydrogen) atoms. The van der Waals surface area contributed by atoms with E-state index in [0.29, 0.717) is 0 Å². The Morgan fingerprint density at radius 2 is 1.81 bits per heavy atom. The lowest BCUT2D eigenvalue weighted by Gasteiger charge is -2.07. The summed E-state index contributed by atoms with van der Waals surface area (Å²) in [4.78, 5) is 0. The quantitative estimate of drug-likeness (QED) is 0.834. The molecule has 0 aliphatic rings. The second-order valence-electron chi connectivity index (χ2n) is 3.85. The van der Waals surface area contributed by atoms with E-state index in [-0.39, 0.29) is 0 Å². The van der Waals surface area contributed by atoms with Crippen LogP contribution >= 0.6 is 22.6 Å². The van der Waals surface area contributed by atoms with Crippen molar-refractivity contribution in [2.45, 2.75) is 13.5 Å². The number of halogens is 1. The van der Waals surface area contributed by atoms with E-state index < -0.39 is 0 Å². The third kappa shape index (κ3) is 3.23. The molecule has 0 aliphatic heterocycles. The summed E-state index contributed by atoms with van der Waals surface area (Å²) in [5, 5.41) is 3.42. The van der Waals surface area contributed by atoms with Crippen LogP contribution in [0.1, 0.15) is 11.1 Å². The molecule has 0 aromatic heterocycles. The zero-order chi connectivity index (χ0) is 11.4.